The van der Waals surface area contributed by atoms with Gasteiger partial charge in [-0.1, -0.05) is 12.1 Å². The van der Waals surface area contributed by atoms with E-state index in [9.17, 15) is 25.9 Å². The van der Waals surface area contributed by atoms with E-state index in [2.05, 4.69) is 10.2 Å². The highest BCUT2D eigenvalue weighted by Gasteiger charge is 2.18. The van der Waals surface area contributed by atoms with Gasteiger partial charge in [0.15, 0.2) is 0 Å². The predicted octanol–water partition coefficient (Wildman–Crippen LogP) is 4.46. The van der Waals surface area contributed by atoms with Crippen LogP contribution in [-0.2, 0) is 20.2 Å². The summed E-state index contributed by atoms with van der Waals surface area (Å²) >= 11 is 0. The average Bonchev–Trinajstić information content (AvgIpc) is 2.71. The second-order valence-electron chi connectivity index (χ2n) is 6.67. The molecule has 0 saturated heterocycles. The van der Waals surface area contributed by atoms with Crippen LogP contribution < -0.4 is 9.47 Å². The second kappa shape index (κ2) is 8.82. The van der Waals surface area contributed by atoms with Crippen molar-refractivity contribution in [1.29, 1.82) is 0 Å². The van der Waals surface area contributed by atoms with Crippen LogP contribution in [0.1, 0.15) is 12.5 Å². The Morgan fingerprint density at radius 1 is 0.906 bits per heavy atom. The molecule has 0 saturated carbocycles. The van der Waals surface area contributed by atoms with Crippen molar-refractivity contribution in [3.05, 3.63) is 48.0 Å². The lowest BCUT2D eigenvalue weighted by Crippen LogP contribution is -2.01. The minimum Gasteiger partial charge on any atom is -0.494 e. The second-order valence-corrected chi connectivity index (χ2v) is 9.48. The van der Waals surface area contributed by atoms with Crippen molar-refractivity contribution in [2.75, 3.05) is 13.7 Å². The van der Waals surface area contributed by atoms with E-state index in [0.717, 1.165) is 6.07 Å². The number of azo groups is 1. The third-order valence-corrected chi connectivity index (χ3v) is 6.38. The van der Waals surface area contributed by atoms with Crippen LogP contribution in [0.5, 0.6) is 11.5 Å². The van der Waals surface area contributed by atoms with Gasteiger partial charge in [0.2, 0.25) is 0 Å². The van der Waals surface area contributed by atoms with E-state index in [1.807, 2.05) is 0 Å². The van der Waals surface area contributed by atoms with E-state index in [4.69, 9.17) is 9.47 Å². The molecule has 32 heavy (non-hydrogen) atoms. The Morgan fingerprint density at radius 3 is 2.22 bits per heavy atom. The van der Waals surface area contributed by atoms with Crippen molar-refractivity contribution < 1.29 is 35.4 Å². The lowest BCUT2D eigenvalue weighted by Gasteiger charge is -2.11. The molecule has 170 valence electrons. The maximum atomic E-state index is 11.5. The molecule has 0 aliphatic heterocycles. The van der Waals surface area contributed by atoms with Gasteiger partial charge >= 0.3 is 0 Å². The Balaban J connectivity index is 2.19. The zero-order valence-corrected chi connectivity index (χ0v) is 18.9. The highest BCUT2D eigenvalue weighted by Crippen LogP contribution is 2.40. The fourth-order valence-corrected chi connectivity index (χ4v) is 4.32. The topological polar surface area (TPSA) is 152 Å². The molecule has 0 amide bonds. The van der Waals surface area contributed by atoms with Crippen LogP contribution in [0.3, 0.4) is 0 Å². The molecule has 0 heterocycles. The van der Waals surface area contributed by atoms with Gasteiger partial charge in [-0.3, -0.25) is 9.11 Å². The van der Waals surface area contributed by atoms with E-state index >= 15 is 0 Å². The van der Waals surface area contributed by atoms with Gasteiger partial charge in [-0.15, -0.1) is 10.2 Å². The maximum absolute atomic E-state index is 11.5. The number of benzene rings is 3. The van der Waals surface area contributed by atoms with E-state index < -0.39 is 20.2 Å². The van der Waals surface area contributed by atoms with Crippen molar-refractivity contribution in [3.63, 3.8) is 0 Å². The fourth-order valence-electron chi connectivity index (χ4n) is 3.08. The SMILES string of the molecule is CCOc1ccc2cc(S(=O)(=O)O)ccc2c1N=Nc1cc(C)c(S(=O)(=O)O)cc1OC. The lowest BCUT2D eigenvalue weighted by atomic mass is 10.1. The summed E-state index contributed by atoms with van der Waals surface area (Å²) in [5.41, 5.74) is 0.735. The summed E-state index contributed by atoms with van der Waals surface area (Å²) in [6.07, 6.45) is 0. The first-order valence-corrected chi connectivity index (χ1v) is 12.1. The number of ether oxygens (including phenoxy) is 2. The molecule has 0 unspecified atom stereocenters. The Hall–Kier alpha value is -3.06. The number of fused-ring (bicyclic) bond motifs is 1. The quantitative estimate of drug-likeness (QED) is 0.371. The molecule has 3 rings (SSSR count). The van der Waals surface area contributed by atoms with Crippen molar-refractivity contribution in [2.24, 2.45) is 10.2 Å². The number of methoxy groups -OCH3 is 1. The summed E-state index contributed by atoms with van der Waals surface area (Å²) < 4.78 is 75.5. The number of hydrogen-bond donors (Lipinski definition) is 2. The van der Waals surface area contributed by atoms with Crippen LogP contribution in [0.15, 0.2) is 62.5 Å². The fraction of sp³-hybridized carbons (Fsp3) is 0.200. The van der Waals surface area contributed by atoms with E-state index in [1.165, 1.54) is 38.3 Å². The zero-order valence-electron chi connectivity index (χ0n) is 17.3. The van der Waals surface area contributed by atoms with Crippen molar-refractivity contribution in [1.82, 2.24) is 0 Å². The number of hydrogen-bond acceptors (Lipinski definition) is 8. The summed E-state index contributed by atoms with van der Waals surface area (Å²) in [4.78, 5) is -0.582. The third kappa shape index (κ3) is 4.88. The summed E-state index contributed by atoms with van der Waals surface area (Å²) in [6.45, 7) is 3.61. The van der Waals surface area contributed by atoms with Gasteiger partial charge in [0.1, 0.15) is 27.8 Å². The Bertz CT molecular complexity index is 1430. The highest BCUT2D eigenvalue weighted by molar-refractivity contribution is 7.86. The van der Waals surface area contributed by atoms with Gasteiger partial charge in [0.05, 0.1) is 18.6 Å². The first-order chi connectivity index (χ1) is 15.0. The van der Waals surface area contributed by atoms with Crippen LogP contribution in [-0.4, -0.2) is 39.7 Å². The van der Waals surface area contributed by atoms with E-state index in [-0.39, 0.29) is 26.8 Å². The van der Waals surface area contributed by atoms with Crippen LogP contribution in [0.4, 0.5) is 11.4 Å². The molecule has 0 aliphatic carbocycles. The minimum absolute atomic E-state index is 0.0684. The Labute approximate surface area is 185 Å². The molecule has 3 aromatic carbocycles. The van der Waals surface area contributed by atoms with Gasteiger partial charge < -0.3 is 9.47 Å². The molecule has 0 spiro atoms. The summed E-state index contributed by atoms with van der Waals surface area (Å²) in [5.74, 6) is 0.451. The Kier molecular flexibility index (Phi) is 6.51. The molecule has 0 atom stereocenters. The van der Waals surface area contributed by atoms with Gasteiger partial charge in [-0.05, 0) is 49.1 Å². The zero-order chi connectivity index (χ0) is 23.7. The molecule has 3 aromatic rings. The van der Waals surface area contributed by atoms with Gasteiger partial charge in [-0.2, -0.15) is 16.8 Å². The first kappa shape index (κ1) is 23.6. The standard InChI is InChI=1S/C20H20N2O8S2/c1-4-30-17-8-5-13-10-14(31(23,24)25)6-7-15(13)20(17)22-21-16-9-12(2)19(32(26,27)28)11-18(16)29-3/h5-11H,4H2,1-3H3,(H,23,24,25)(H,26,27,28). The normalized spacial score (nSPS) is 12.4. The molecule has 12 heteroatoms. The van der Waals surface area contributed by atoms with Gasteiger partial charge in [0, 0.05) is 11.5 Å². The maximum Gasteiger partial charge on any atom is 0.294 e. The lowest BCUT2D eigenvalue weighted by molar-refractivity contribution is 0.341. The number of aryl methyl sites for hydroxylation is 1. The van der Waals surface area contributed by atoms with Crippen molar-refractivity contribution in [2.45, 2.75) is 23.6 Å². The van der Waals surface area contributed by atoms with Crippen LogP contribution >= 0.6 is 0 Å². The smallest absolute Gasteiger partial charge is 0.294 e. The van der Waals surface area contributed by atoms with Crippen molar-refractivity contribution in [3.8, 4) is 11.5 Å². The molecule has 0 radical (unpaired) electrons. The van der Waals surface area contributed by atoms with Crippen LogP contribution in [0.25, 0.3) is 10.8 Å². The molecular formula is C20H20N2O8S2. The van der Waals surface area contributed by atoms with Gasteiger partial charge in [-0.25, -0.2) is 0 Å². The highest BCUT2D eigenvalue weighted by atomic mass is 32.2. The molecule has 0 bridgehead atoms. The number of rotatable bonds is 7. The monoisotopic (exact) mass is 480 g/mol. The Morgan fingerprint density at radius 2 is 1.62 bits per heavy atom. The average molecular weight is 481 g/mol. The minimum atomic E-state index is -4.45. The molecule has 2 N–H and O–H groups in total. The summed E-state index contributed by atoms with van der Waals surface area (Å²) in [7, 11) is -7.52. The first-order valence-electron chi connectivity index (χ1n) is 9.20. The number of nitrogens with zero attached hydrogens (tertiary/aromatic N) is 2. The van der Waals surface area contributed by atoms with Crippen LogP contribution in [0, 0.1) is 6.92 Å². The summed E-state index contributed by atoms with van der Waals surface area (Å²) in [5, 5.41) is 9.41. The van der Waals surface area contributed by atoms with Gasteiger partial charge in [0.25, 0.3) is 20.2 Å². The largest absolute Gasteiger partial charge is 0.494 e. The molecule has 0 aromatic heterocycles. The predicted molar refractivity (Wildman–Crippen MR) is 117 cm³/mol. The van der Waals surface area contributed by atoms with E-state index in [1.54, 1.807) is 19.1 Å². The molecular weight excluding hydrogens is 460 g/mol. The van der Waals surface area contributed by atoms with E-state index in [0.29, 0.717) is 28.8 Å². The summed E-state index contributed by atoms with van der Waals surface area (Å²) in [6, 6.07) is 9.76. The third-order valence-electron chi connectivity index (χ3n) is 4.54. The van der Waals surface area contributed by atoms with Crippen LogP contribution in [0.2, 0.25) is 0 Å². The molecule has 10 nitrogen and oxygen atoms in total. The molecule has 0 fully saturated rings. The molecule has 0 aliphatic rings. The van der Waals surface area contributed by atoms with Crippen molar-refractivity contribution >= 4 is 42.4 Å².